The Balaban J connectivity index is 1.57. The van der Waals surface area contributed by atoms with E-state index in [2.05, 4.69) is 110 Å². The Morgan fingerprint density at radius 3 is 1.27 bits per heavy atom. The van der Waals surface area contributed by atoms with Crippen LogP contribution in [0.4, 0.5) is 0 Å². The minimum atomic E-state index is 1.04. The lowest BCUT2D eigenvalue weighted by molar-refractivity contribution is -0.965. The maximum atomic E-state index is 2.46. The van der Waals surface area contributed by atoms with Gasteiger partial charge in [-0.05, 0) is 12.8 Å². The Morgan fingerprint density at radius 1 is 0.459 bits per heavy atom. The van der Waals surface area contributed by atoms with Crippen molar-refractivity contribution in [3.05, 3.63) is 120 Å². The van der Waals surface area contributed by atoms with Crippen molar-refractivity contribution in [3.8, 4) is 0 Å². The SMILES string of the molecule is CCCCCCCCCCC/C=C/CC[N+](Cc1ccccc1)(Cc1ccccc1)Cc1ccccc1. The van der Waals surface area contributed by atoms with E-state index >= 15 is 0 Å². The largest absolute Gasteiger partial charge is 0.312 e. The van der Waals surface area contributed by atoms with Crippen LogP contribution in [0.15, 0.2) is 103 Å². The molecular formula is C36H50N+. The zero-order valence-electron chi connectivity index (χ0n) is 23.4. The molecule has 0 saturated heterocycles. The van der Waals surface area contributed by atoms with Gasteiger partial charge in [0.2, 0.25) is 0 Å². The molecule has 3 rings (SSSR count). The Kier molecular flexibility index (Phi) is 13.9. The molecule has 1 nitrogen and oxygen atoms in total. The number of quaternary nitrogens is 1. The monoisotopic (exact) mass is 496 g/mol. The van der Waals surface area contributed by atoms with Crippen LogP contribution in [0.25, 0.3) is 0 Å². The van der Waals surface area contributed by atoms with Crippen molar-refractivity contribution < 1.29 is 4.48 Å². The normalized spacial score (nSPS) is 11.8. The number of allylic oxidation sites excluding steroid dienone is 1. The highest BCUT2D eigenvalue weighted by atomic mass is 15.3. The topological polar surface area (TPSA) is 0 Å². The average molecular weight is 497 g/mol. The van der Waals surface area contributed by atoms with Gasteiger partial charge in [-0.3, -0.25) is 0 Å². The molecule has 0 aromatic heterocycles. The van der Waals surface area contributed by atoms with E-state index in [9.17, 15) is 0 Å². The van der Waals surface area contributed by atoms with Crippen LogP contribution in [-0.2, 0) is 19.6 Å². The van der Waals surface area contributed by atoms with Crippen LogP contribution in [0, 0.1) is 0 Å². The maximum Gasteiger partial charge on any atom is 0.105 e. The molecule has 3 aromatic rings. The second kappa shape index (κ2) is 17.8. The van der Waals surface area contributed by atoms with Gasteiger partial charge in [-0.25, -0.2) is 0 Å². The molecule has 37 heavy (non-hydrogen) atoms. The molecule has 0 aliphatic heterocycles. The first-order valence-corrected chi connectivity index (χ1v) is 14.9. The fourth-order valence-corrected chi connectivity index (χ4v) is 5.47. The quantitative estimate of drug-likeness (QED) is 0.0879. The highest BCUT2D eigenvalue weighted by molar-refractivity contribution is 5.17. The van der Waals surface area contributed by atoms with Gasteiger partial charge >= 0.3 is 0 Å². The fraction of sp³-hybridized carbons (Fsp3) is 0.444. The van der Waals surface area contributed by atoms with Crippen LogP contribution in [-0.4, -0.2) is 11.0 Å². The molecule has 0 atom stereocenters. The number of hydrogen-bond donors (Lipinski definition) is 0. The van der Waals surface area contributed by atoms with Gasteiger partial charge in [0.05, 0.1) is 6.54 Å². The van der Waals surface area contributed by atoms with Gasteiger partial charge in [0, 0.05) is 23.1 Å². The summed E-state index contributed by atoms with van der Waals surface area (Å²) in [5.74, 6) is 0. The molecule has 1 heteroatoms. The standard InChI is InChI=1S/C36H50N/c1-2-3-4-5-6-7-8-9-10-11-12-13-23-30-37(31-34-24-17-14-18-25-34,32-35-26-19-15-20-27-35)33-36-28-21-16-22-29-36/h12-22,24-29H,2-11,23,30-33H2,1H3/q+1/b13-12+. The van der Waals surface area contributed by atoms with Crippen molar-refractivity contribution >= 4 is 0 Å². The van der Waals surface area contributed by atoms with E-state index in [4.69, 9.17) is 0 Å². The van der Waals surface area contributed by atoms with Crippen molar-refractivity contribution in [2.45, 2.75) is 97.2 Å². The van der Waals surface area contributed by atoms with Crippen LogP contribution in [0.3, 0.4) is 0 Å². The highest BCUT2D eigenvalue weighted by Crippen LogP contribution is 2.25. The molecule has 0 fully saturated rings. The van der Waals surface area contributed by atoms with Crippen molar-refractivity contribution in [3.63, 3.8) is 0 Å². The third-order valence-corrected chi connectivity index (χ3v) is 7.49. The van der Waals surface area contributed by atoms with E-state index in [1.54, 1.807) is 0 Å². The number of unbranched alkanes of at least 4 members (excludes halogenated alkanes) is 9. The number of rotatable bonds is 19. The van der Waals surface area contributed by atoms with Crippen molar-refractivity contribution in [2.75, 3.05) is 6.54 Å². The molecule has 3 aromatic carbocycles. The second-order valence-corrected chi connectivity index (χ2v) is 10.9. The summed E-state index contributed by atoms with van der Waals surface area (Å²) >= 11 is 0. The predicted molar refractivity (Wildman–Crippen MR) is 161 cm³/mol. The summed E-state index contributed by atoms with van der Waals surface area (Å²) in [7, 11) is 0. The van der Waals surface area contributed by atoms with Gasteiger partial charge in [-0.15, -0.1) is 0 Å². The molecule has 0 spiro atoms. The van der Waals surface area contributed by atoms with Gasteiger partial charge in [0.25, 0.3) is 0 Å². The minimum Gasteiger partial charge on any atom is -0.312 e. The first kappa shape index (κ1) is 28.9. The second-order valence-electron chi connectivity index (χ2n) is 10.9. The van der Waals surface area contributed by atoms with E-state index in [-0.39, 0.29) is 0 Å². The minimum absolute atomic E-state index is 1.04. The van der Waals surface area contributed by atoms with Crippen molar-refractivity contribution in [2.24, 2.45) is 0 Å². The summed E-state index contributed by atoms with van der Waals surface area (Å²) in [6, 6.07) is 33.2. The molecule has 0 aliphatic rings. The summed E-state index contributed by atoms with van der Waals surface area (Å²) in [5, 5.41) is 0. The number of nitrogens with zero attached hydrogens (tertiary/aromatic N) is 1. The number of hydrogen-bond acceptors (Lipinski definition) is 0. The molecule has 0 heterocycles. The average Bonchev–Trinajstić information content (AvgIpc) is 2.93. The smallest absolute Gasteiger partial charge is 0.105 e. The zero-order valence-corrected chi connectivity index (χ0v) is 23.4. The summed E-state index contributed by atoms with van der Waals surface area (Å²) < 4.78 is 1.04. The molecule has 0 unspecified atom stereocenters. The molecule has 0 amide bonds. The van der Waals surface area contributed by atoms with E-state index in [1.807, 2.05) is 0 Å². The third kappa shape index (κ3) is 12.0. The number of benzene rings is 3. The fourth-order valence-electron chi connectivity index (χ4n) is 5.47. The maximum absolute atomic E-state index is 2.46. The zero-order chi connectivity index (χ0) is 25.9. The van der Waals surface area contributed by atoms with Gasteiger partial charge in [-0.1, -0.05) is 161 Å². The Hall–Kier alpha value is -2.64. The van der Waals surface area contributed by atoms with Crippen LogP contribution < -0.4 is 0 Å². The van der Waals surface area contributed by atoms with E-state index in [0.717, 1.165) is 37.1 Å². The summed E-state index contributed by atoms with van der Waals surface area (Å²) in [4.78, 5) is 0. The predicted octanol–water partition coefficient (Wildman–Crippen LogP) is 10.3. The van der Waals surface area contributed by atoms with Crippen LogP contribution in [0.1, 0.15) is 94.2 Å². The van der Waals surface area contributed by atoms with Crippen molar-refractivity contribution in [1.29, 1.82) is 0 Å². The van der Waals surface area contributed by atoms with Gasteiger partial charge in [-0.2, -0.15) is 0 Å². The molecule has 0 bridgehead atoms. The third-order valence-electron chi connectivity index (χ3n) is 7.49. The Labute approximate surface area is 227 Å². The molecule has 0 N–H and O–H groups in total. The van der Waals surface area contributed by atoms with E-state index in [1.165, 1.54) is 80.9 Å². The van der Waals surface area contributed by atoms with Gasteiger partial charge in [0.15, 0.2) is 0 Å². The molecule has 198 valence electrons. The Bertz CT molecular complexity index is 860. The van der Waals surface area contributed by atoms with Crippen LogP contribution in [0.2, 0.25) is 0 Å². The summed E-state index contributed by atoms with van der Waals surface area (Å²) in [6.07, 6.45) is 19.9. The molecular weight excluding hydrogens is 446 g/mol. The van der Waals surface area contributed by atoms with E-state index in [0.29, 0.717) is 0 Å². The van der Waals surface area contributed by atoms with Crippen LogP contribution in [0.5, 0.6) is 0 Å². The lowest BCUT2D eigenvalue weighted by atomic mass is 10.1. The lowest BCUT2D eigenvalue weighted by Gasteiger charge is -2.39. The summed E-state index contributed by atoms with van der Waals surface area (Å²) in [6.45, 7) is 6.60. The highest BCUT2D eigenvalue weighted by Gasteiger charge is 2.28. The first-order valence-electron chi connectivity index (χ1n) is 14.9. The lowest BCUT2D eigenvalue weighted by Crippen LogP contribution is -2.46. The molecule has 0 saturated carbocycles. The molecule has 0 radical (unpaired) electrons. The van der Waals surface area contributed by atoms with E-state index < -0.39 is 0 Å². The Morgan fingerprint density at radius 2 is 0.838 bits per heavy atom. The van der Waals surface area contributed by atoms with Gasteiger partial charge < -0.3 is 4.48 Å². The van der Waals surface area contributed by atoms with Crippen LogP contribution >= 0.6 is 0 Å². The molecule has 0 aliphatic carbocycles. The van der Waals surface area contributed by atoms with Crippen molar-refractivity contribution in [1.82, 2.24) is 0 Å². The van der Waals surface area contributed by atoms with Gasteiger partial charge in [0.1, 0.15) is 19.6 Å². The summed E-state index contributed by atoms with van der Waals surface area (Å²) in [5.41, 5.74) is 4.27. The first-order chi connectivity index (χ1) is 18.3.